The van der Waals surface area contributed by atoms with Gasteiger partial charge < -0.3 is 15.2 Å². The van der Waals surface area contributed by atoms with Crippen LogP contribution in [0.2, 0.25) is 5.02 Å². The number of hydrogen-bond donors (Lipinski definition) is 2. The number of nitrogens with zero attached hydrogens (tertiary/aromatic N) is 2. The third-order valence-corrected chi connectivity index (χ3v) is 4.60. The van der Waals surface area contributed by atoms with E-state index in [1.165, 1.54) is 13.1 Å². The smallest absolute Gasteiger partial charge is 0.348 e. The molecule has 0 radical (unpaired) electrons. The van der Waals surface area contributed by atoms with Gasteiger partial charge in [-0.15, -0.1) is 0 Å². The van der Waals surface area contributed by atoms with Gasteiger partial charge >= 0.3 is 5.92 Å². The molecule has 0 unspecified atom stereocenters. The summed E-state index contributed by atoms with van der Waals surface area (Å²) in [6.07, 6.45) is 2.19. The van der Waals surface area contributed by atoms with Crippen molar-refractivity contribution in [3.8, 4) is 6.07 Å². The molecule has 1 heterocycles. The van der Waals surface area contributed by atoms with Crippen LogP contribution in [0.3, 0.4) is 0 Å². The van der Waals surface area contributed by atoms with Crippen molar-refractivity contribution in [1.82, 2.24) is 9.88 Å². The summed E-state index contributed by atoms with van der Waals surface area (Å²) in [6, 6.07) is 4.66. The fraction of sp³-hybridized carbons (Fsp3) is 0.278. The highest BCUT2D eigenvalue weighted by atomic mass is 35.5. The molecule has 0 atom stereocenters. The summed E-state index contributed by atoms with van der Waals surface area (Å²) >= 11 is 6.00. The number of carbonyl (C=O) groups is 2. The normalized spacial score (nSPS) is 13.7. The SMILES string of the molecule is Cn1cc(C(F)(F)C(=O)NC2CC2)c(Cl)c1C(=O)Nc1ccc(F)c(C#N)c1. The van der Waals surface area contributed by atoms with Crippen LogP contribution < -0.4 is 10.6 Å². The van der Waals surface area contributed by atoms with E-state index in [0.29, 0.717) is 12.8 Å². The van der Waals surface area contributed by atoms with Crippen LogP contribution in [-0.2, 0) is 17.8 Å². The summed E-state index contributed by atoms with van der Waals surface area (Å²) in [4.78, 5) is 24.4. The van der Waals surface area contributed by atoms with Crippen molar-refractivity contribution in [1.29, 1.82) is 5.26 Å². The Bertz CT molecular complexity index is 1010. The lowest BCUT2D eigenvalue weighted by atomic mass is 10.1. The number of anilines is 1. The number of aromatic nitrogens is 1. The summed E-state index contributed by atoms with van der Waals surface area (Å²) in [5.74, 6) is -7.01. The molecule has 1 aromatic heterocycles. The van der Waals surface area contributed by atoms with E-state index in [1.54, 1.807) is 6.07 Å². The molecule has 2 aromatic rings. The molecule has 10 heteroatoms. The number of benzene rings is 1. The molecule has 146 valence electrons. The number of aryl methyl sites for hydroxylation is 1. The molecular weight excluding hydrogens is 397 g/mol. The minimum atomic E-state index is -3.92. The number of alkyl halides is 2. The molecule has 28 heavy (non-hydrogen) atoms. The Hall–Kier alpha value is -2.99. The number of carbonyl (C=O) groups excluding carboxylic acids is 2. The highest BCUT2D eigenvalue weighted by Gasteiger charge is 2.46. The van der Waals surface area contributed by atoms with Gasteiger partial charge in [-0.25, -0.2) is 4.39 Å². The molecule has 0 saturated heterocycles. The summed E-state index contributed by atoms with van der Waals surface area (Å²) in [5, 5.41) is 12.9. The molecule has 1 saturated carbocycles. The zero-order valence-corrected chi connectivity index (χ0v) is 15.3. The van der Waals surface area contributed by atoms with Crippen LogP contribution in [0.5, 0.6) is 0 Å². The van der Waals surface area contributed by atoms with Crippen molar-refractivity contribution < 1.29 is 22.8 Å². The van der Waals surface area contributed by atoms with E-state index in [-0.39, 0.29) is 23.0 Å². The minimum Gasteiger partial charge on any atom is -0.348 e. The molecule has 1 aliphatic rings. The third kappa shape index (κ3) is 3.68. The number of nitriles is 1. The summed E-state index contributed by atoms with van der Waals surface area (Å²) < 4.78 is 43.5. The molecule has 0 spiro atoms. The molecule has 1 aromatic carbocycles. The molecule has 6 nitrogen and oxygen atoms in total. The van der Waals surface area contributed by atoms with E-state index in [1.807, 2.05) is 0 Å². The highest BCUT2D eigenvalue weighted by Crippen LogP contribution is 2.37. The van der Waals surface area contributed by atoms with Crippen molar-refractivity contribution in [2.45, 2.75) is 24.8 Å². The van der Waals surface area contributed by atoms with Gasteiger partial charge in [-0.3, -0.25) is 9.59 Å². The van der Waals surface area contributed by atoms with E-state index in [9.17, 15) is 22.8 Å². The Morgan fingerprint density at radius 1 is 1.36 bits per heavy atom. The Balaban J connectivity index is 1.87. The van der Waals surface area contributed by atoms with Gasteiger partial charge in [-0.05, 0) is 31.0 Å². The van der Waals surface area contributed by atoms with Gasteiger partial charge in [0, 0.05) is 25.0 Å². The maximum Gasteiger partial charge on any atom is 0.352 e. The number of nitrogens with one attached hydrogen (secondary N) is 2. The van der Waals surface area contributed by atoms with Gasteiger partial charge in [0.2, 0.25) is 0 Å². The predicted molar refractivity (Wildman–Crippen MR) is 94.5 cm³/mol. The van der Waals surface area contributed by atoms with Crippen molar-refractivity contribution in [3.05, 3.63) is 52.1 Å². The second-order valence-corrected chi connectivity index (χ2v) is 6.78. The van der Waals surface area contributed by atoms with Gasteiger partial charge in [0.25, 0.3) is 11.8 Å². The number of halogens is 4. The quantitative estimate of drug-likeness (QED) is 0.792. The number of hydrogen-bond acceptors (Lipinski definition) is 3. The van der Waals surface area contributed by atoms with Crippen LogP contribution in [0, 0.1) is 17.1 Å². The van der Waals surface area contributed by atoms with Crippen molar-refractivity contribution in [2.24, 2.45) is 7.05 Å². The first-order chi connectivity index (χ1) is 13.1. The molecule has 2 N–H and O–H groups in total. The largest absolute Gasteiger partial charge is 0.352 e. The fourth-order valence-corrected chi connectivity index (χ4v) is 2.97. The van der Waals surface area contributed by atoms with Crippen molar-refractivity contribution in [2.75, 3.05) is 5.32 Å². The van der Waals surface area contributed by atoms with Gasteiger partial charge in [-0.1, -0.05) is 11.6 Å². The lowest BCUT2D eigenvalue weighted by Gasteiger charge is -2.15. The van der Waals surface area contributed by atoms with Crippen molar-refractivity contribution >= 4 is 29.1 Å². The first kappa shape index (κ1) is 19.8. The second-order valence-electron chi connectivity index (χ2n) is 6.40. The average Bonchev–Trinajstić information content (AvgIpc) is 3.39. The van der Waals surface area contributed by atoms with E-state index in [4.69, 9.17) is 16.9 Å². The summed E-state index contributed by atoms with van der Waals surface area (Å²) in [5.41, 5.74) is -1.31. The molecule has 1 fully saturated rings. The van der Waals surface area contributed by atoms with Gasteiger partial charge in [-0.2, -0.15) is 14.0 Å². The summed E-state index contributed by atoms with van der Waals surface area (Å²) in [6.45, 7) is 0. The van der Waals surface area contributed by atoms with Crippen LogP contribution in [0.15, 0.2) is 24.4 Å². The summed E-state index contributed by atoms with van der Waals surface area (Å²) in [7, 11) is 1.32. The average molecular weight is 411 g/mol. The first-order valence-corrected chi connectivity index (χ1v) is 8.58. The maximum atomic E-state index is 14.5. The Morgan fingerprint density at radius 2 is 2.04 bits per heavy atom. The van der Waals surface area contributed by atoms with Crippen LogP contribution in [0.1, 0.15) is 34.5 Å². The third-order valence-electron chi connectivity index (χ3n) is 4.22. The zero-order valence-electron chi connectivity index (χ0n) is 14.5. The van der Waals surface area contributed by atoms with Crippen molar-refractivity contribution in [3.63, 3.8) is 0 Å². The molecule has 0 bridgehead atoms. The van der Waals surface area contributed by atoms with Crippen LogP contribution in [0.4, 0.5) is 18.9 Å². The topological polar surface area (TPSA) is 86.9 Å². The zero-order chi connectivity index (χ0) is 20.6. The fourth-order valence-electron chi connectivity index (χ4n) is 2.58. The monoisotopic (exact) mass is 410 g/mol. The number of rotatable bonds is 5. The first-order valence-electron chi connectivity index (χ1n) is 8.20. The molecule has 1 aliphatic carbocycles. The minimum absolute atomic E-state index is 0.0833. The predicted octanol–water partition coefficient (Wildman–Crippen LogP) is 3.31. The van der Waals surface area contributed by atoms with E-state index >= 15 is 0 Å². The van der Waals surface area contributed by atoms with E-state index in [2.05, 4.69) is 10.6 Å². The standard InChI is InChI=1S/C18H14ClF3N4O2/c1-26-8-12(18(21,22)17(28)25-10-2-3-10)14(19)15(26)16(27)24-11-4-5-13(20)9(6-11)7-23/h4-6,8,10H,2-3H2,1H3,(H,24,27)(H,25,28). The van der Waals surface area contributed by atoms with Gasteiger partial charge in [0.15, 0.2) is 0 Å². The van der Waals surface area contributed by atoms with E-state index < -0.39 is 34.1 Å². The molecule has 0 aliphatic heterocycles. The van der Waals surface area contributed by atoms with Gasteiger partial charge in [0.1, 0.15) is 17.6 Å². The lowest BCUT2D eigenvalue weighted by Crippen LogP contribution is -2.39. The van der Waals surface area contributed by atoms with Crippen LogP contribution in [0.25, 0.3) is 0 Å². The van der Waals surface area contributed by atoms with Crippen LogP contribution in [-0.4, -0.2) is 22.4 Å². The lowest BCUT2D eigenvalue weighted by molar-refractivity contribution is -0.147. The van der Waals surface area contributed by atoms with E-state index in [0.717, 1.165) is 22.9 Å². The second kappa shape index (κ2) is 7.20. The highest BCUT2D eigenvalue weighted by molar-refractivity contribution is 6.35. The molecular formula is C18H14ClF3N4O2. The Morgan fingerprint density at radius 3 is 2.64 bits per heavy atom. The number of amides is 2. The molecule has 2 amide bonds. The maximum absolute atomic E-state index is 14.5. The van der Waals surface area contributed by atoms with Crippen LogP contribution >= 0.6 is 11.6 Å². The molecule has 3 rings (SSSR count). The Labute approximate surface area is 162 Å². The Kier molecular flexibility index (Phi) is 5.08. The van der Waals surface area contributed by atoms with Gasteiger partial charge in [0.05, 0.1) is 16.1 Å².